The SMILES string of the molecule is CCOc1ccc(C2Nc3ccc(Br)cc3C3C=CCC32)cc1. The number of anilines is 1. The normalized spacial score (nSPS) is 24.7. The summed E-state index contributed by atoms with van der Waals surface area (Å²) in [5, 5.41) is 3.76. The maximum Gasteiger partial charge on any atom is 0.119 e. The fraction of sp³-hybridized carbons (Fsp3) is 0.300. The molecule has 2 aliphatic rings. The van der Waals surface area contributed by atoms with Gasteiger partial charge in [0.05, 0.1) is 12.6 Å². The van der Waals surface area contributed by atoms with Crippen molar-refractivity contribution in [2.45, 2.75) is 25.3 Å². The van der Waals surface area contributed by atoms with Crippen LogP contribution in [-0.4, -0.2) is 6.61 Å². The molecule has 0 spiro atoms. The van der Waals surface area contributed by atoms with E-state index in [2.05, 4.69) is 75.9 Å². The lowest BCUT2D eigenvalue weighted by Crippen LogP contribution is -2.29. The van der Waals surface area contributed by atoms with E-state index in [1.807, 2.05) is 6.92 Å². The van der Waals surface area contributed by atoms with Crippen LogP contribution < -0.4 is 10.1 Å². The minimum absolute atomic E-state index is 0.347. The number of halogens is 1. The second-order valence-electron chi connectivity index (χ2n) is 6.21. The van der Waals surface area contributed by atoms with E-state index < -0.39 is 0 Å². The third-order valence-electron chi connectivity index (χ3n) is 4.88. The first-order valence-electron chi connectivity index (χ1n) is 8.21. The van der Waals surface area contributed by atoms with E-state index in [4.69, 9.17) is 4.74 Å². The van der Waals surface area contributed by atoms with Crippen molar-refractivity contribution in [3.8, 4) is 5.75 Å². The monoisotopic (exact) mass is 369 g/mol. The van der Waals surface area contributed by atoms with Crippen molar-refractivity contribution < 1.29 is 4.74 Å². The van der Waals surface area contributed by atoms with Crippen LogP contribution in [0.1, 0.15) is 36.4 Å². The van der Waals surface area contributed by atoms with Crippen LogP contribution in [0, 0.1) is 5.92 Å². The first-order valence-corrected chi connectivity index (χ1v) is 9.01. The highest BCUT2D eigenvalue weighted by Gasteiger charge is 2.37. The van der Waals surface area contributed by atoms with Crippen LogP contribution in [0.4, 0.5) is 5.69 Å². The van der Waals surface area contributed by atoms with Crippen LogP contribution in [0.2, 0.25) is 0 Å². The van der Waals surface area contributed by atoms with Crippen LogP contribution in [-0.2, 0) is 0 Å². The van der Waals surface area contributed by atoms with Gasteiger partial charge < -0.3 is 10.1 Å². The Morgan fingerprint density at radius 1 is 1.17 bits per heavy atom. The second kappa shape index (κ2) is 6.04. The van der Waals surface area contributed by atoms with Crippen molar-refractivity contribution in [3.63, 3.8) is 0 Å². The van der Waals surface area contributed by atoms with Crippen molar-refractivity contribution in [3.05, 3.63) is 70.2 Å². The molecule has 0 radical (unpaired) electrons. The van der Waals surface area contributed by atoms with Crippen LogP contribution in [0.3, 0.4) is 0 Å². The Morgan fingerprint density at radius 2 is 2.00 bits per heavy atom. The summed E-state index contributed by atoms with van der Waals surface area (Å²) in [6.45, 7) is 2.72. The van der Waals surface area contributed by atoms with Crippen molar-refractivity contribution in [2.75, 3.05) is 11.9 Å². The minimum atomic E-state index is 0.347. The van der Waals surface area contributed by atoms with Crippen molar-refractivity contribution >= 4 is 21.6 Å². The van der Waals surface area contributed by atoms with E-state index >= 15 is 0 Å². The molecule has 0 amide bonds. The lowest BCUT2D eigenvalue weighted by Gasteiger charge is -2.37. The molecule has 118 valence electrons. The van der Waals surface area contributed by atoms with Gasteiger partial charge in [-0.15, -0.1) is 0 Å². The fourth-order valence-corrected chi connectivity index (χ4v) is 4.21. The van der Waals surface area contributed by atoms with Gasteiger partial charge in [-0.25, -0.2) is 0 Å². The topological polar surface area (TPSA) is 21.3 Å². The summed E-state index contributed by atoms with van der Waals surface area (Å²) < 4.78 is 6.72. The predicted molar refractivity (Wildman–Crippen MR) is 98.1 cm³/mol. The number of allylic oxidation sites excluding steroid dienone is 2. The van der Waals surface area contributed by atoms with E-state index in [-0.39, 0.29) is 0 Å². The van der Waals surface area contributed by atoms with Gasteiger partial charge in [-0.05, 0) is 60.7 Å². The first kappa shape index (κ1) is 14.8. The van der Waals surface area contributed by atoms with Gasteiger partial charge in [-0.2, -0.15) is 0 Å². The standard InChI is InChI=1S/C20H20BrNO/c1-2-23-15-9-6-13(7-10-15)20-17-5-3-4-16(17)18-12-14(21)8-11-19(18)22-20/h3-4,6-12,16-17,20,22H,2,5H2,1H3. The minimum Gasteiger partial charge on any atom is -0.494 e. The highest BCUT2D eigenvalue weighted by molar-refractivity contribution is 9.10. The Balaban J connectivity index is 1.69. The Hall–Kier alpha value is -1.74. The van der Waals surface area contributed by atoms with E-state index in [1.54, 1.807) is 0 Å². The molecule has 1 aliphatic heterocycles. The summed E-state index contributed by atoms with van der Waals surface area (Å²) in [7, 11) is 0. The molecule has 0 aromatic heterocycles. The van der Waals surface area contributed by atoms with Gasteiger partial charge in [0, 0.05) is 16.1 Å². The van der Waals surface area contributed by atoms with Gasteiger partial charge in [-0.3, -0.25) is 0 Å². The third-order valence-corrected chi connectivity index (χ3v) is 5.37. The fourth-order valence-electron chi connectivity index (χ4n) is 3.83. The molecule has 1 heterocycles. The quantitative estimate of drug-likeness (QED) is 0.703. The van der Waals surface area contributed by atoms with Crippen molar-refractivity contribution in [2.24, 2.45) is 5.92 Å². The summed E-state index contributed by atoms with van der Waals surface area (Å²) in [4.78, 5) is 0. The molecule has 0 bridgehead atoms. The molecule has 3 unspecified atom stereocenters. The molecule has 3 atom stereocenters. The smallest absolute Gasteiger partial charge is 0.119 e. The predicted octanol–water partition coefficient (Wildman–Crippen LogP) is 5.67. The van der Waals surface area contributed by atoms with Gasteiger partial charge in [0.1, 0.15) is 5.75 Å². The molecule has 0 saturated heterocycles. The molecular formula is C20H20BrNO. The van der Waals surface area contributed by atoms with E-state index in [1.165, 1.54) is 16.8 Å². The van der Waals surface area contributed by atoms with E-state index in [0.717, 1.165) is 16.6 Å². The van der Waals surface area contributed by atoms with Gasteiger partial charge in [0.15, 0.2) is 0 Å². The molecule has 3 heteroatoms. The van der Waals surface area contributed by atoms with Crippen LogP contribution >= 0.6 is 15.9 Å². The largest absolute Gasteiger partial charge is 0.494 e. The molecule has 1 N–H and O–H groups in total. The van der Waals surface area contributed by atoms with Crippen molar-refractivity contribution in [1.82, 2.24) is 0 Å². The molecule has 0 saturated carbocycles. The zero-order chi connectivity index (χ0) is 15.8. The molecule has 2 aromatic carbocycles. The molecular weight excluding hydrogens is 350 g/mol. The summed E-state index contributed by atoms with van der Waals surface area (Å²) in [6, 6.07) is 15.4. The Bertz CT molecular complexity index is 738. The maximum atomic E-state index is 5.57. The van der Waals surface area contributed by atoms with Crippen LogP contribution in [0.25, 0.3) is 0 Å². The first-order chi connectivity index (χ1) is 11.3. The molecule has 2 nitrogen and oxygen atoms in total. The number of hydrogen-bond donors (Lipinski definition) is 1. The third kappa shape index (κ3) is 2.67. The second-order valence-corrected chi connectivity index (χ2v) is 7.12. The molecule has 23 heavy (non-hydrogen) atoms. The highest BCUT2D eigenvalue weighted by Crippen LogP contribution is 2.50. The van der Waals surface area contributed by atoms with Gasteiger partial charge in [-0.1, -0.05) is 40.2 Å². The number of fused-ring (bicyclic) bond motifs is 3. The van der Waals surface area contributed by atoms with Gasteiger partial charge in [0.2, 0.25) is 0 Å². The average Bonchev–Trinajstić information content (AvgIpc) is 3.05. The molecule has 0 fully saturated rings. The average molecular weight is 370 g/mol. The van der Waals surface area contributed by atoms with E-state index in [0.29, 0.717) is 24.5 Å². The summed E-state index contributed by atoms with van der Waals surface area (Å²) >= 11 is 3.60. The lowest BCUT2D eigenvalue weighted by molar-refractivity contribution is 0.340. The van der Waals surface area contributed by atoms with E-state index in [9.17, 15) is 0 Å². The Labute approximate surface area is 145 Å². The summed E-state index contributed by atoms with van der Waals surface area (Å²) in [5.41, 5.74) is 3.99. The number of nitrogens with one attached hydrogen (secondary N) is 1. The molecule has 4 rings (SSSR count). The Morgan fingerprint density at radius 3 is 2.78 bits per heavy atom. The highest BCUT2D eigenvalue weighted by atomic mass is 79.9. The van der Waals surface area contributed by atoms with Gasteiger partial charge >= 0.3 is 0 Å². The zero-order valence-electron chi connectivity index (χ0n) is 13.1. The number of rotatable bonds is 3. The van der Waals surface area contributed by atoms with Crippen LogP contribution in [0.15, 0.2) is 59.1 Å². The summed E-state index contributed by atoms with van der Waals surface area (Å²) in [5.74, 6) is 2.02. The molecule has 2 aromatic rings. The van der Waals surface area contributed by atoms with Gasteiger partial charge in [0.25, 0.3) is 0 Å². The zero-order valence-corrected chi connectivity index (χ0v) is 14.7. The Kier molecular flexibility index (Phi) is 3.90. The van der Waals surface area contributed by atoms with Crippen molar-refractivity contribution in [1.29, 1.82) is 0 Å². The molecule has 1 aliphatic carbocycles. The number of hydrogen-bond acceptors (Lipinski definition) is 2. The number of ether oxygens (including phenoxy) is 1. The lowest BCUT2D eigenvalue weighted by atomic mass is 9.77. The number of benzene rings is 2. The maximum absolute atomic E-state index is 5.57. The summed E-state index contributed by atoms with van der Waals surface area (Å²) in [6.07, 6.45) is 5.83. The van der Waals surface area contributed by atoms with Crippen LogP contribution in [0.5, 0.6) is 5.75 Å².